The first-order chi connectivity index (χ1) is 11.7. The average molecular weight is 456 g/mol. The molecule has 0 bridgehead atoms. The van der Waals surface area contributed by atoms with Crippen LogP contribution in [0, 0.1) is 0 Å². The molecule has 3 rings (SSSR count). The first kappa shape index (κ1) is 20.0. The number of carbonyl (C=O) groups excluding carboxylic acids is 1. The van der Waals surface area contributed by atoms with E-state index in [2.05, 4.69) is 22.0 Å². The lowest BCUT2D eigenvalue weighted by atomic mass is 10.1. The minimum absolute atomic E-state index is 0. The van der Waals surface area contributed by atoms with Gasteiger partial charge in [0.15, 0.2) is 5.96 Å². The second-order valence-electron chi connectivity index (χ2n) is 6.74. The van der Waals surface area contributed by atoms with E-state index in [1.807, 2.05) is 17.0 Å². The molecule has 0 aliphatic carbocycles. The summed E-state index contributed by atoms with van der Waals surface area (Å²) in [5.74, 6) is 0.893. The highest BCUT2D eigenvalue weighted by Gasteiger charge is 2.19. The fourth-order valence-corrected chi connectivity index (χ4v) is 3.43. The van der Waals surface area contributed by atoms with Crippen molar-refractivity contribution < 1.29 is 4.79 Å². The quantitative estimate of drug-likeness (QED) is 0.430. The number of piperidine rings is 1. The molecule has 0 unspecified atom stereocenters. The van der Waals surface area contributed by atoms with Crippen LogP contribution < -0.4 is 10.6 Å². The highest BCUT2D eigenvalue weighted by Crippen LogP contribution is 2.21. The van der Waals surface area contributed by atoms with E-state index in [1.165, 1.54) is 25.7 Å². The highest BCUT2D eigenvalue weighted by molar-refractivity contribution is 14.0. The number of amides is 1. The number of guanidine groups is 1. The largest absolute Gasteiger partial charge is 0.370 e. The van der Waals surface area contributed by atoms with Crippen LogP contribution in [0.2, 0.25) is 0 Å². The van der Waals surface area contributed by atoms with Gasteiger partial charge in [0.05, 0.1) is 6.54 Å². The SMILES string of the molecule is I.NC(=NCc1ccc(N2CCCCC2=O)cc1)N1CCCCCC1. The highest BCUT2D eigenvalue weighted by atomic mass is 127. The molecule has 2 N–H and O–H groups in total. The van der Waals surface area contributed by atoms with Crippen molar-refractivity contribution in [3.8, 4) is 0 Å². The van der Waals surface area contributed by atoms with E-state index >= 15 is 0 Å². The van der Waals surface area contributed by atoms with E-state index in [0.717, 1.165) is 43.7 Å². The van der Waals surface area contributed by atoms with Crippen LogP contribution in [-0.4, -0.2) is 36.4 Å². The van der Waals surface area contributed by atoms with Gasteiger partial charge in [0, 0.05) is 31.7 Å². The standard InChI is InChI=1S/C19H28N4O.HI/c20-19(22-12-4-1-2-5-13-22)21-15-16-8-10-17(11-9-16)23-14-6-3-7-18(23)24;/h8-11H,1-7,12-15H2,(H2,20,21);1H. The Hall–Kier alpha value is -1.31. The lowest BCUT2D eigenvalue weighted by molar-refractivity contribution is -0.119. The second kappa shape index (κ2) is 9.99. The van der Waals surface area contributed by atoms with Crippen LogP contribution in [0.4, 0.5) is 5.69 Å². The Kier molecular flexibility index (Phi) is 7.99. The average Bonchev–Trinajstić information content (AvgIpc) is 2.90. The van der Waals surface area contributed by atoms with Crippen LogP contribution in [0.5, 0.6) is 0 Å². The normalized spacial score (nSPS) is 19.4. The molecule has 1 aromatic rings. The van der Waals surface area contributed by atoms with Crippen molar-refractivity contribution in [3.63, 3.8) is 0 Å². The molecular formula is C19H29IN4O. The summed E-state index contributed by atoms with van der Waals surface area (Å²) in [4.78, 5) is 20.6. The number of hydrogen-bond donors (Lipinski definition) is 1. The number of nitrogens with zero attached hydrogens (tertiary/aromatic N) is 3. The van der Waals surface area contributed by atoms with E-state index in [4.69, 9.17) is 5.73 Å². The molecule has 0 atom stereocenters. The Morgan fingerprint density at radius 2 is 1.60 bits per heavy atom. The molecule has 1 amide bonds. The van der Waals surface area contributed by atoms with Crippen LogP contribution in [0.15, 0.2) is 29.3 Å². The molecule has 2 aliphatic rings. The molecule has 2 heterocycles. The zero-order valence-electron chi connectivity index (χ0n) is 14.8. The lowest BCUT2D eigenvalue weighted by Crippen LogP contribution is -2.38. The first-order valence-electron chi connectivity index (χ1n) is 9.18. The molecule has 0 saturated carbocycles. The van der Waals surface area contributed by atoms with Crippen molar-refractivity contribution in [1.82, 2.24) is 4.90 Å². The number of halogens is 1. The first-order valence-corrected chi connectivity index (χ1v) is 9.18. The Labute approximate surface area is 167 Å². The maximum Gasteiger partial charge on any atom is 0.226 e. The van der Waals surface area contributed by atoms with Crippen LogP contribution in [0.1, 0.15) is 50.5 Å². The van der Waals surface area contributed by atoms with Gasteiger partial charge in [0.1, 0.15) is 0 Å². The third kappa shape index (κ3) is 5.59. The van der Waals surface area contributed by atoms with E-state index in [-0.39, 0.29) is 29.9 Å². The topological polar surface area (TPSA) is 61.9 Å². The summed E-state index contributed by atoms with van der Waals surface area (Å²) >= 11 is 0. The van der Waals surface area contributed by atoms with Gasteiger partial charge in [0.2, 0.25) is 5.91 Å². The van der Waals surface area contributed by atoms with Crippen molar-refractivity contribution in [3.05, 3.63) is 29.8 Å². The number of nitrogens with two attached hydrogens (primary N) is 1. The Balaban J connectivity index is 0.00000225. The fourth-order valence-electron chi connectivity index (χ4n) is 3.43. The van der Waals surface area contributed by atoms with Crippen LogP contribution in [0.25, 0.3) is 0 Å². The molecule has 138 valence electrons. The fraction of sp³-hybridized carbons (Fsp3) is 0.579. The number of benzene rings is 1. The summed E-state index contributed by atoms with van der Waals surface area (Å²) in [5, 5.41) is 0. The summed E-state index contributed by atoms with van der Waals surface area (Å²) < 4.78 is 0. The van der Waals surface area contributed by atoms with Gasteiger partial charge in [-0.25, -0.2) is 4.99 Å². The molecule has 1 aromatic carbocycles. The summed E-state index contributed by atoms with van der Waals surface area (Å²) in [5.41, 5.74) is 8.27. The number of hydrogen-bond acceptors (Lipinski definition) is 2. The number of aliphatic imine (C=N–C) groups is 1. The van der Waals surface area contributed by atoms with Gasteiger partial charge < -0.3 is 15.5 Å². The Bertz CT molecular complexity index is 580. The summed E-state index contributed by atoms with van der Waals surface area (Å²) in [7, 11) is 0. The van der Waals surface area contributed by atoms with Crippen molar-refractivity contribution in [1.29, 1.82) is 0 Å². The van der Waals surface area contributed by atoms with Crippen LogP contribution in [-0.2, 0) is 11.3 Å². The van der Waals surface area contributed by atoms with Crippen molar-refractivity contribution in [2.24, 2.45) is 10.7 Å². The van der Waals surface area contributed by atoms with Crippen molar-refractivity contribution in [2.75, 3.05) is 24.5 Å². The molecule has 0 radical (unpaired) electrons. The molecule has 2 aliphatic heterocycles. The maximum absolute atomic E-state index is 12.0. The second-order valence-corrected chi connectivity index (χ2v) is 6.74. The molecule has 2 saturated heterocycles. The van der Waals surface area contributed by atoms with Gasteiger partial charge in [-0.2, -0.15) is 0 Å². The minimum Gasteiger partial charge on any atom is -0.370 e. The summed E-state index contributed by atoms with van der Waals surface area (Å²) in [6, 6.07) is 8.15. The van der Waals surface area contributed by atoms with Crippen LogP contribution >= 0.6 is 24.0 Å². The van der Waals surface area contributed by atoms with Gasteiger partial charge >= 0.3 is 0 Å². The molecular weight excluding hydrogens is 427 g/mol. The smallest absolute Gasteiger partial charge is 0.226 e. The number of rotatable bonds is 3. The van der Waals surface area contributed by atoms with Crippen molar-refractivity contribution >= 4 is 41.5 Å². The summed E-state index contributed by atoms with van der Waals surface area (Å²) in [6.45, 7) is 3.46. The third-order valence-corrected chi connectivity index (χ3v) is 4.93. The molecule has 25 heavy (non-hydrogen) atoms. The molecule has 6 heteroatoms. The third-order valence-electron chi connectivity index (χ3n) is 4.93. The maximum atomic E-state index is 12.0. The van der Waals surface area contributed by atoms with Gasteiger partial charge in [-0.15, -0.1) is 24.0 Å². The Morgan fingerprint density at radius 1 is 0.960 bits per heavy atom. The van der Waals surface area contributed by atoms with E-state index < -0.39 is 0 Å². The monoisotopic (exact) mass is 456 g/mol. The molecule has 0 spiro atoms. The van der Waals surface area contributed by atoms with E-state index in [9.17, 15) is 4.79 Å². The van der Waals surface area contributed by atoms with Gasteiger partial charge in [0.25, 0.3) is 0 Å². The van der Waals surface area contributed by atoms with Crippen molar-refractivity contribution in [2.45, 2.75) is 51.5 Å². The zero-order chi connectivity index (χ0) is 16.8. The number of likely N-dealkylation sites (tertiary alicyclic amines) is 1. The number of carbonyl (C=O) groups is 1. The molecule has 0 aromatic heterocycles. The molecule has 2 fully saturated rings. The molecule has 5 nitrogen and oxygen atoms in total. The van der Waals surface area contributed by atoms with Gasteiger partial charge in [-0.05, 0) is 43.4 Å². The predicted octanol–water partition coefficient (Wildman–Crippen LogP) is 3.51. The minimum atomic E-state index is 0. The predicted molar refractivity (Wildman–Crippen MR) is 113 cm³/mol. The number of anilines is 1. The van der Waals surface area contributed by atoms with E-state index in [0.29, 0.717) is 18.9 Å². The van der Waals surface area contributed by atoms with Crippen LogP contribution in [0.3, 0.4) is 0 Å². The Morgan fingerprint density at radius 3 is 2.24 bits per heavy atom. The summed E-state index contributed by atoms with van der Waals surface area (Å²) in [6.07, 6.45) is 7.75. The van der Waals surface area contributed by atoms with E-state index in [1.54, 1.807) is 0 Å². The van der Waals surface area contributed by atoms with Gasteiger partial charge in [-0.1, -0.05) is 25.0 Å². The zero-order valence-corrected chi connectivity index (χ0v) is 17.2. The lowest BCUT2D eigenvalue weighted by Gasteiger charge is -2.26. The van der Waals surface area contributed by atoms with Gasteiger partial charge in [-0.3, -0.25) is 4.79 Å².